The molecule has 2 rings (SSSR count). The Hall–Kier alpha value is -1.43. The van der Waals surface area contributed by atoms with Gasteiger partial charge in [0.25, 0.3) is 0 Å². The first-order valence-electron chi connectivity index (χ1n) is 7.62. The predicted molar refractivity (Wildman–Crippen MR) is 77.1 cm³/mol. The molecule has 1 saturated carbocycles. The van der Waals surface area contributed by atoms with E-state index in [0.29, 0.717) is 12.6 Å². The van der Waals surface area contributed by atoms with Gasteiger partial charge in [0.15, 0.2) is 0 Å². The molecule has 112 valence electrons. The molecule has 0 aromatic carbocycles. The Labute approximate surface area is 120 Å². The lowest BCUT2D eigenvalue weighted by molar-refractivity contribution is -0.124. The number of carbonyl (C=O) groups excluding carboxylic acids is 1. The van der Waals surface area contributed by atoms with Crippen LogP contribution in [0.5, 0.6) is 0 Å². The number of nitrogens with one attached hydrogen (secondary N) is 2. The summed E-state index contributed by atoms with van der Waals surface area (Å²) in [4.78, 5) is 12.2. The molecule has 1 fully saturated rings. The third kappa shape index (κ3) is 4.03. The van der Waals surface area contributed by atoms with E-state index in [1.807, 2.05) is 13.1 Å². The van der Waals surface area contributed by atoms with Gasteiger partial charge in [-0.25, -0.2) is 4.68 Å². The Morgan fingerprint density at radius 2 is 2.25 bits per heavy atom. The van der Waals surface area contributed by atoms with Crippen molar-refractivity contribution in [2.45, 2.75) is 64.6 Å². The number of amides is 1. The number of aromatic nitrogens is 3. The maximum atomic E-state index is 12.2. The third-order valence-electron chi connectivity index (χ3n) is 3.77. The molecule has 1 heterocycles. The van der Waals surface area contributed by atoms with Gasteiger partial charge in [0.05, 0.1) is 11.9 Å². The Balaban J connectivity index is 1.84. The number of nitrogens with zero attached hydrogens (tertiary/aromatic N) is 3. The summed E-state index contributed by atoms with van der Waals surface area (Å²) in [5, 5.41) is 14.5. The van der Waals surface area contributed by atoms with Crippen LogP contribution >= 0.6 is 0 Å². The van der Waals surface area contributed by atoms with Gasteiger partial charge in [-0.2, -0.15) is 0 Å². The summed E-state index contributed by atoms with van der Waals surface area (Å²) < 4.78 is 1.65. The lowest BCUT2D eigenvalue weighted by Gasteiger charge is -2.16. The summed E-state index contributed by atoms with van der Waals surface area (Å²) in [6, 6.07) is 0.0437. The first-order valence-corrected chi connectivity index (χ1v) is 7.62. The third-order valence-corrected chi connectivity index (χ3v) is 3.77. The van der Waals surface area contributed by atoms with E-state index in [2.05, 4.69) is 27.9 Å². The second-order valence-electron chi connectivity index (χ2n) is 5.53. The van der Waals surface area contributed by atoms with Gasteiger partial charge in [0.2, 0.25) is 5.91 Å². The molecule has 1 aromatic heterocycles. The molecular weight excluding hydrogens is 254 g/mol. The largest absolute Gasteiger partial charge is 0.352 e. The molecule has 1 atom stereocenters. The zero-order valence-electron chi connectivity index (χ0n) is 12.4. The molecule has 20 heavy (non-hydrogen) atoms. The smallest absolute Gasteiger partial charge is 0.244 e. The molecule has 1 aliphatic carbocycles. The molecule has 1 aromatic rings. The van der Waals surface area contributed by atoms with E-state index in [1.165, 1.54) is 12.8 Å². The number of hydrogen-bond donors (Lipinski definition) is 2. The van der Waals surface area contributed by atoms with Crippen LogP contribution in [0.4, 0.5) is 0 Å². The standard InChI is InChI=1S/C14H25N5O/c1-3-8-15-9-13-10-19(18-17-13)11(2)14(20)16-12-6-4-5-7-12/h10-12,15H,3-9H2,1-2H3,(H,16,20). The van der Waals surface area contributed by atoms with Gasteiger partial charge < -0.3 is 10.6 Å². The Bertz CT molecular complexity index is 425. The average molecular weight is 279 g/mol. The van der Waals surface area contributed by atoms with Gasteiger partial charge in [-0.15, -0.1) is 5.10 Å². The fourth-order valence-corrected chi connectivity index (χ4v) is 2.49. The maximum absolute atomic E-state index is 12.2. The van der Waals surface area contributed by atoms with Crippen molar-refractivity contribution in [3.05, 3.63) is 11.9 Å². The predicted octanol–water partition coefficient (Wildman–Crippen LogP) is 1.40. The van der Waals surface area contributed by atoms with Crippen LogP contribution in [0.3, 0.4) is 0 Å². The first kappa shape index (κ1) is 15.0. The zero-order chi connectivity index (χ0) is 14.4. The van der Waals surface area contributed by atoms with E-state index in [-0.39, 0.29) is 11.9 Å². The molecule has 0 aliphatic heterocycles. The second-order valence-corrected chi connectivity index (χ2v) is 5.53. The summed E-state index contributed by atoms with van der Waals surface area (Å²) in [5.74, 6) is 0.0369. The lowest BCUT2D eigenvalue weighted by Crippen LogP contribution is -2.37. The molecule has 0 spiro atoms. The van der Waals surface area contributed by atoms with Crippen molar-refractivity contribution in [1.29, 1.82) is 0 Å². The van der Waals surface area contributed by atoms with Crippen LogP contribution in [0.25, 0.3) is 0 Å². The summed E-state index contributed by atoms with van der Waals surface area (Å²) >= 11 is 0. The average Bonchev–Trinajstić information content (AvgIpc) is 3.09. The highest BCUT2D eigenvalue weighted by Gasteiger charge is 2.22. The molecule has 0 radical (unpaired) electrons. The summed E-state index contributed by atoms with van der Waals surface area (Å²) in [7, 11) is 0. The Kier molecular flexibility index (Phi) is 5.52. The maximum Gasteiger partial charge on any atom is 0.244 e. The highest BCUT2D eigenvalue weighted by atomic mass is 16.2. The normalized spacial score (nSPS) is 17.3. The van der Waals surface area contributed by atoms with Crippen molar-refractivity contribution < 1.29 is 4.79 Å². The molecule has 1 aliphatic rings. The SMILES string of the molecule is CCCNCc1cn(C(C)C(=O)NC2CCCC2)nn1. The van der Waals surface area contributed by atoms with Crippen LogP contribution in [0.15, 0.2) is 6.20 Å². The highest BCUT2D eigenvalue weighted by Crippen LogP contribution is 2.18. The van der Waals surface area contributed by atoms with Crippen LogP contribution in [-0.4, -0.2) is 33.5 Å². The van der Waals surface area contributed by atoms with Gasteiger partial charge >= 0.3 is 0 Å². The van der Waals surface area contributed by atoms with Crippen molar-refractivity contribution in [2.24, 2.45) is 0 Å². The van der Waals surface area contributed by atoms with E-state index < -0.39 is 0 Å². The minimum atomic E-state index is -0.303. The van der Waals surface area contributed by atoms with E-state index >= 15 is 0 Å². The molecule has 6 heteroatoms. The molecular formula is C14H25N5O. The van der Waals surface area contributed by atoms with Crippen molar-refractivity contribution in [3.63, 3.8) is 0 Å². The molecule has 0 bridgehead atoms. The van der Waals surface area contributed by atoms with E-state index in [4.69, 9.17) is 0 Å². The topological polar surface area (TPSA) is 71.8 Å². The number of hydrogen-bond acceptors (Lipinski definition) is 4. The van der Waals surface area contributed by atoms with E-state index in [0.717, 1.165) is 31.5 Å². The van der Waals surface area contributed by atoms with Crippen molar-refractivity contribution in [2.75, 3.05) is 6.54 Å². The molecule has 2 N–H and O–H groups in total. The minimum absolute atomic E-state index is 0.0369. The van der Waals surface area contributed by atoms with Gasteiger partial charge in [-0.3, -0.25) is 4.79 Å². The van der Waals surface area contributed by atoms with Crippen LogP contribution < -0.4 is 10.6 Å². The van der Waals surface area contributed by atoms with E-state index in [1.54, 1.807) is 4.68 Å². The first-order chi connectivity index (χ1) is 9.70. The highest BCUT2D eigenvalue weighted by molar-refractivity contribution is 5.80. The minimum Gasteiger partial charge on any atom is -0.352 e. The number of carbonyl (C=O) groups is 1. The molecule has 1 unspecified atom stereocenters. The summed E-state index contributed by atoms with van der Waals surface area (Å²) in [6.45, 7) is 5.65. The van der Waals surface area contributed by atoms with Crippen molar-refractivity contribution >= 4 is 5.91 Å². The van der Waals surface area contributed by atoms with Gasteiger partial charge in [0, 0.05) is 12.6 Å². The Morgan fingerprint density at radius 1 is 1.50 bits per heavy atom. The summed E-state index contributed by atoms with van der Waals surface area (Å²) in [5.41, 5.74) is 0.874. The van der Waals surface area contributed by atoms with E-state index in [9.17, 15) is 4.79 Å². The zero-order valence-corrected chi connectivity index (χ0v) is 12.4. The quantitative estimate of drug-likeness (QED) is 0.740. The van der Waals surface area contributed by atoms with Crippen LogP contribution in [-0.2, 0) is 11.3 Å². The molecule has 1 amide bonds. The lowest BCUT2D eigenvalue weighted by atomic mass is 10.2. The van der Waals surface area contributed by atoms with Gasteiger partial charge in [-0.05, 0) is 32.7 Å². The van der Waals surface area contributed by atoms with Crippen molar-refractivity contribution in [3.8, 4) is 0 Å². The fraction of sp³-hybridized carbons (Fsp3) is 0.786. The van der Waals surface area contributed by atoms with Crippen LogP contribution in [0.1, 0.15) is 57.7 Å². The molecule has 0 saturated heterocycles. The van der Waals surface area contributed by atoms with Crippen LogP contribution in [0.2, 0.25) is 0 Å². The number of rotatable bonds is 7. The van der Waals surface area contributed by atoms with Crippen LogP contribution in [0, 0.1) is 0 Å². The Morgan fingerprint density at radius 3 is 2.95 bits per heavy atom. The van der Waals surface area contributed by atoms with Crippen molar-refractivity contribution in [1.82, 2.24) is 25.6 Å². The summed E-state index contributed by atoms with van der Waals surface area (Å²) in [6.07, 6.45) is 7.58. The molecule has 6 nitrogen and oxygen atoms in total. The second kappa shape index (κ2) is 7.38. The fourth-order valence-electron chi connectivity index (χ4n) is 2.49. The monoisotopic (exact) mass is 279 g/mol. The van der Waals surface area contributed by atoms with Gasteiger partial charge in [-0.1, -0.05) is 25.0 Å². The van der Waals surface area contributed by atoms with Gasteiger partial charge in [0.1, 0.15) is 6.04 Å².